The van der Waals surface area contributed by atoms with E-state index in [2.05, 4.69) is 20.8 Å². The lowest BCUT2D eigenvalue weighted by atomic mass is 10.1. The fraction of sp³-hybridized carbons (Fsp3) is 0.500. The van der Waals surface area contributed by atoms with Crippen LogP contribution in [0.15, 0.2) is 22.7 Å². The van der Waals surface area contributed by atoms with Gasteiger partial charge in [-0.1, -0.05) is 22.0 Å². The zero-order chi connectivity index (χ0) is 13.1. The molecule has 1 saturated heterocycles. The van der Waals surface area contributed by atoms with Crippen molar-refractivity contribution < 1.29 is 9.18 Å². The van der Waals surface area contributed by atoms with Crippen molar-refractivity contribution in [3.63, 3.8) is 0 Å². The molecule has 2 rings (SSSR count). The van der Waals surface area contributed by atoms with Crippen molar-refractivity contribution in [3.05, 3.63) is 34.1 Å². The Kier molecular flexibility index (Phi) is 4.51. The maximum atomic E-state index is 13.0. The summed E-state index contributed by atoms with van der Waals surface area (Å²) in [5.41, 5.74) is 1.08. The minimum absolute atomic E-state index is 0.229. The fourth-order valence-electron chi connectivity index (χ4n) is 2.53. The van der Waals surface area contributed by atoms with E-state index in [1.165, 1.54) is 12.1 Å². The first-order chi connectivity index (χ1) is 8.56. The van der Waals surface area contributed by atoms with Crippen molar-refractivity contribution in [3.8, 4) is 0 Å². The molecule has 0 aliphatic carbocycles. The lowest BCUT2D eigenvalue weighted by Crippen LogP contribution is -2.30. The summed E-state index contributed by atoms with van der Waals surface area (Å²) in [6.07, 6.45) is 2.84. The minimum atomic E-state index is -0.229. The van der Waals surface area contributed by atoms with Crippen LogP contribution in [-0.4, -0.2) is 23.3 Å². The van der Waals surface area contributed by atoms with E-state index in [0.717, 1.165) is 36.0 Å². The van der Waals surface area contributed by atoms with Gasteiger partial charge in [-0.25, -0.2) is 4.39 Å². The molecule has 4 heteroatoms. The molecule has 18 heavy (non-hydrogen) atoms. The molecule has 0 bridgehead atoms. The monoisotopic (exact) mass is 313 g/mol. The molecule has 1 aromatic rings. The van der Waals surface area contributed by atoms with Gasteiger partial charge in [0.05, 0.1) is 0 Å². The van der Waals surface area contributed by atoms with Crippen LogP contribution in [0.4, 0.5) is 4.39 Å². The van der Waals surface area contributed by atoms with E-state index in [0.29, 0.717) is 12.5 Å². The maximum Gasteiger partial charge on any atom is 0.131 e. The van der Waals surface area contributed by atoms with Crippen molar-refractivity contribution in [2.24, 2.45) is 0 Å². The molecule has 1 aliphatic heterocycles. The third kappa shape index (κ3) is 3.39. The number of ketones is 1. The molecular weight excluding hydrogens is 297 g/mol. The van der Waals surface area contributed by atoms with Crippen LogP contribution < -0.4 is 0 Å². The van der Waals surface area contributed by atoms with Gasteiger partial charge in [-0.3, -0.25) is 9.69 Å². The number of hydrogen-bond acceptors (Lipinski definition) is 2. The van der Waals surface area contributed by atoms with Crippen LogP contribution in [0.2, 0.25) is 0 Å². The lowest BCUT2D eigenvalue weighted by molar-refractivity contribution is -0.118. The van der Waals surface area contributed by atoms with Gasteiger partial charge in [0.15, 0.2) is 0 Å². The second-order valence-electron chi connectivity index (χ2n) is 4.91. The predicted octanol–water partition coefficient (Wildman–Crippen LogP) is 3.53. The third-order valence-corrected chi connectivity index (χ3v) is 4.15. The van der Waals surface area contributed by atoms with Crippen LogP contribution in [0.3, 0.4) is 0 Å². The number of rotatable bonds is 4. The summed E-state index contributed by atoms with van der Waals surface area (Å²) in [6.45, 7) is 3.44. The molecule has 2 nitrogen and oxygen atoms in total. The molecule has 1 fully saturated rings. The molecule has 1 atom stereocenters. The van der Waals surface area contributed by atoms with Crippen LogP contribution in [0, 0.1) is 5.82 Å². The van der Waals surface area contributed by atoms with Crippen LogP contribution in [-0.2, 0) is 11.3 Å². The maximum absolute atomic E-state index is 13.0. The molecule has 0 radical (unpaired) electrons. The Bertz CT molecular complexity index is 449. The molecule has 1 aliphatic rings. The SMILES string of the molecule is CC(=O)CC1CCCN1Cc1ccc(F)cc1Br. The average Bonchev–Trinajstić information content (AvgIpc) is 2.69. The Morgan fingerprint density at radius 2 is 2.33 bits per heavy atom. The Hall–Kier alpha value is -0.740. The van der Waals surface area contributed by atoms with Crippen molar-refractivity contribution >= 4 is 21.7 Å². The highest BCUT2D eigenvalue weighted by atomic mass is 79.9. The molecule has 0 spiro atoms. The molecule has 0 amide bonds. The van der Waals surface area contributed by atoms with E-state index < -0.39 is 0 Å². The van der Waals surface area contributed by atoms with E-state index in [1.54, 1.807) is 6.92 Å². The topological polar surface area (TPSA) is 20.3 Å². The van der Waals surface area contributed by atoms with E-state index in [-0.39, 0.29) is 11.6 Å². The molecule has 0 aromatic heterocycles. The van der Waals surface area contributed by atoms with Gasteiger partial charge in [0.25, 0.3) is 0 Å². The normalized spacial score (nSPS) is 20.3. The minimum Gasteiger partial charge on any atom is -0.300 e. The number of carbonyl (C=O) groups is 1. The Labute approximate surface area is 115 Å². The molecule has 1 aromatic carbocycles. The van der Waals surface area contributed by atoms with Gasteiger partial charge >= 0.3 is 0 Å². The summed E-state index contributed by atoms with van der Waals surface area (Å²) in [5, 5.41) is 0. The van der Waals surface area contributed by atoms with Crippen LogP contribution in [0.5, 0.6) is 0 Å². The van der Waals surface area contributed by atoms with Crippen molar-refractivity contribution in [2.75, 3.05) is 6.54 Å². The molecule has 98 valence electrons. The summed E-state index contributed by atoms with van der Waals surface area (Å²) in [7, 11) is 0. The Morgan fingerprint density at radius 1 is 1.56 bits per heavy atom. The number of carbonyl (C=O) groups excluding carboxylic acids is 1. The van der Waals surface area contributed by atoms with Crippen molar-refractivity contribution in [1.29, 1.82) is 0 Å². The largest absolute Gasteiger partial charge is 0.300 e. The zero-order valence-corrected chi connectivity index (χ0v) is 12.0. The van der Waals surface area contributed by atoms with E-state index in [9.17, 15) is 9.18 Å². The van der Waals surface area contributed by atoms with Gasteiger partial charge in [-0.15, -0.1) is 0 Å². The molecule has 0 N–H and O–H groups in total. The van der Waals surface area contributed by atoms with E-state index in [1.807, 2.05) is 6.07 Å². The lowest BCUT2D eigenvalue weighted by Gasteiger charge is -2.24. The highest BCUT2D eigenvalue weighted by Crippen LogP contribution is 2.26. The van der Waals surface area contributed by atoms with Crippen molar-refractivity contribution in [2.45, 2.75) is 38.8 Å². The summed E-state index contributed by atoms with van der Waals surface area (Å²) < 4.78 is 13.8. The predicted molar refractivity (Wildman–Crippen MR) is 72.8 cm³/mol. The first-order valence-corrected chi connectivity index (χ1v) is 7.03. The molecular formula is C14H17BrFNO. The quantitative estimate of drug-likeness (QED) is 0.847. The smallest absolute Gasteiger partial charge is 0.131 e. The average molecular weight is 314 g/mol. The highest BCUT2D eigenvalue weighted by Gasteiger charge is 2.25. The van der Waals surface area contributed by atoms with Crippen LogP contribution >= 0.6 is 15.9 Å². The molecule has 1 unspecified atom stereocenters. The van der Waals surface area contributed by atoms with Gasteiger partial charge in [0.2, 0.25) is 0 Å². The highest BCUT2D eigenvalue weighted by molar-refractivity contribution is 9.10. The standard InChI is InChI=1S/C14H17BrFNO/c1-10(18)7-13-3-2-6-17(13)9-11-4-5-12(16)8-14(11)15/h4-5,8,13H,2-3,6-7,9H2,1H3. The van der Waals surface area contributed by atoms with Crippen molar-refractivity contribution in [1.82, 2.24) is 4.90 Å². The van der Waals surface area contributed by atoms with Gasteiger partial charge in [0.1, 0.15) is 11.6 Å². The second-order valence-corrected chi connectivity index (χ2v) is 5.76. The molecule has 0 saturated carbocycles. The second kappa shape index (κ2) is 5.93. The van der Waals surface area contributed by atoms with E-state index in [4.69, 9.17) is 0 Å². The van der Waals surface area contributed by atoms with Gasteiger partial charge < -0.3 is 0 Å². The number of likely N-dealkylation sites (tertiary alicyclic amines) is 1. The third-order valence-electron chi connectivity index (χ3n) is 3.41. The summed E-state index contributed by atoms with van der Waals surface area (Å²) in [4.78, 5) is 13.5. The molecule has 1 heterocycles. The number of hydrogen-bond donors (Lipinski definition) is 0. The van der Waals surface area contributed by atoms with Crippen LogP contribution in [0.25, 0.3) is 0 Å². The number of benzene rings is 1. The number of nitrogens with zero attached hydrogens (tertiary/aromatic N) is 1. The van der Waals surface area contributed by atoms with Gasteiger partial charge in [-0.2, -0.15) is 0 Å². The van der Waals surface area contributed by atoms with Gasteiger partial charge in [-0.05, 0) is 44.0 Å². The van der Waals surface area contributed by atoms with E-state index >= 15 is 0 Å². The Balaban J connectivity index is 2.05. The zero-order valence-electron chi connectivity index (χ0n) is 10.5. The first kappa shape index (κ1) is 13.7. The number of halogens is 2. The first-order valence-electron chi connectivity index (χ1n) is 6.23. The number of Topliss-reactive ketones (excluding diaryl/α,β-unsaturated/α-hetero) is 1. The van der Waals surface area contributed by atoms with Gasteiger partial charge in [0, 0.05) is 23.5 Å². The summed E-state index contributed by atoms with van der Waals surface area (Å²) in [6, 6.07) is 5.13. The summed E-state index contributed by atoms with van der Waals surface area (Å²) >= 11 is 3.39. The van der Waals surface area contributed by atoms with Crippen LogP contribution in [0.1, 0.15) is 31.7 Å². The fourth-order valence-corrected chi connectivity index (χ4v) is 3.01. The Morgan fingerprint density at radius 3 is 3.00 bits per heavy atom. The summed E-state index contributed by atoms with van der Waals surface area (Å²) in [5.74, 6) is 0.0115.